The van der Waals surface area contributed by atoms with Crippen molar-refractivity contribution in [2.75, 3.05) is 0 Å². The fraction of sp³-hybridized carbons (Fsp3) is 0.286. The molecule has 112 valence electrons. The minimum Gasteiger partial charge on any atom is -0.293 e. The van der Waals surface area contributed by atoms with Crippen LogP contribution < -0.4 is 0 Å². The van der Waals surface area contributed by atoms with Gasteiger partial charge in [-0.25, -0.2) is 0 Å². The molecule has 0 aliphatic heterocycles. The number of carbonyl (C=O) groups is 1. The second kappa shape index (κ2) is 5.91. The molecule has 4 nitrogen and oxygen atoms in total. The van der Waals surface area contributed by atoms with Gasteiger partial charge in [-0.05, 0) is 37.1 Å². The van der Waals surface area contributed by atoms with Gasteiger partial charge in [0, 0.05) is 0 Å². The molecule has 0 radical (unpaired) electrons. The molecule has 0 aromatic heterocycles. The molecule has 0 saturated heterocycles. The Balaban J connectivity index is 2.57. The van der Waals surface area contributed by atoms with Gasteiger partial charge in [-0.1, -0.05) is 18.2 Å². The van der Waals surface area contributed by atoms with Crippen LogP contribution in [0, 0.1) is 0 Å². The largest absolute Gasteiger partial charge is 0.293 e. The Morgan fingerprint density at radius 3 is 2.14 bits per heavy atom. The van der Waals surface area contributed by atoms with Crippen LogP contribution in [0.25, 0.3) is 0 Å². The van der Waals surface area contributed by atoms with Crippen molar-refractivity contribution in [2.45, 2.75) is 29.5 Å². The highest BCUT2D eigenvalue weighted by atomic mass is 35.5. The second-order valence-electron chi connectivity index (χ2n) is 4.68. The lowest BCUT2D eigenvalue weighted by molar-refractivity contribution is -0.115. The van der Waals surface area contributed by atoms with Crippen LogP contribution in [0.5, 0.6) is 0 Å². The first-order valence-corrected chi connectivity index (χ1v) is 8.47. The molecule has 0 heterocycles. The highest BCUT2D eigenvalue weighted by molar-refractivity contribution is 7.90. The van der Waals surface area contributed by atoms with Crippen molar-refractivity contribution in [3.8, 4) is 0 Å². The third-order valence-electron chi connectivity index (χ3n) is 3.34. The summed E-state index contributed by atoms with van der Waals surface area (Å²) in [5, 5.41) is -1.98. The fourth-order valence-electron chi connectivity index (χ4n) is 1.96. The molecule has 2 atom stereocenters. The number of benzene rings is 1. The van der Waals surface area contributed by atoms with Gasteiger partial charge in [-0.2, -0.15) is 12.8 Å². The van der Waals surface area contributed by atoms with Crippen LogP contribution in [0.4, 0.5) is 0 Å². The number of carbonyl (C=O) groups excluding carboxylic acids is 1. The number of allylic oxidation sites excluding steroid dienone is 2. The summed E-state index contributed by atoms with van der Waals surface area (Å²) < 4.78 is 28.4. The number of hydrogen-bond acceptors (Lipinski definition) is 3. The zero-order chi connectivity index (χ0) is 15.8. The maximum Gasteiger partial charge on any atom is 0.282 e. The van der Waals surface area contributed by atoms with Gasteiger partial charge in [-0.3, -0.25) is 4.79 Å². The van der Waals surface area contributed by atoms with E-state index in [1.165, 1.54) is 12.1 Å². The van der Waals surface area contributed by atoms with Crippen molar-refractivity contribution in [1.29, 1.82) is 0 Å². The van der Waals surface area contributed by atoms with Crippen molar-refractivity contribution in [1.82, 2.24) is 0 Å². The maximum absolute atomic E-state index is 12.3. The van der Waals surface area contributed by atoms with Crippen molar-refractivity contribution < 1.29 is 13.2 Å². The van der Waals surface area contributed by atoms with E-state index in [9.17, 15) is 13.2 Å². The van der Waals surface area contributed by atoms with Crippen LogP contribution in [0.1, 0.15) is 13.8 Å². The Labute approximate surface area is 133 Å². The van der Waals surface area contributed by atoms with Gasteiger partial charge < -0.3 is 0 Å². The normalized spacial score (nSPS) is 25.5. The third kappa shape index (κ3) is 3.05. The second-order valence-corrected chi connectivity index (χ2v) is 7.23. The van der Waals surface area contributed by atoms with Gasteiger partial charge in [0.1, 0.15) is 10.8 Å². The topological polar surface area (TPSA) is 63.6 Å². The van der Waals surface area contributed by atoms with Gasteiger partial charge in [0.15, 0.2) is 5.78 Å². The van der Waals surface area contributed by atoms with Crippen LogP contribution in [-0.4, -0.2) is 30.7 Å². The molecule has 0 bridgehead atoms. The fourth-order valence-corrected chi connectivity index (χ4v) is 3.74. The Morgan fingerprint density at radius 1 is 1.00 bits per heavy atom. The van der Waals surface area contributed by atoms with Crippen LogP contribution in [0.3, 0.4) is 0 Å². The molecule has 0 fully saturated rings. The average molecular weight is 346 g/mol. The van der Waals surface area contributed by atoms with Crippen LogP contribution in [-0.2, 0) is 14.8 Å². The molecule has 0 amide bonds. The highest BCUT2D eigenvalue weighted by Crippen LogP contribution is 2.29. The Hall–Kier alpha value is -1.17. The van der Waals surface area contributed by atoms with E-state index in [2.05, 4.69) is 4.40 Å². The van der Waals surface area contributed by atoms with E-state index in [0.29, 0.717) is 11.1 Å². The molecule has 1 aliphatic rings. The Morgan fingerprint density at radius 2 is 1.57 bits per heavy atom. The smallest absolute Gasteiger partial charge is 0.282 e. The molecule has 0 spiro atoms. The maximum atomic E-state index is 12.3. The SMILES string of the molecule is CC1=C(C)C(=NS(=O)(=O)c2ccccc2)C(Cl)C(Cl)C1=O. The summed E-state index contributed by atoms with van der Waals surface area (Å²) in [6.45, 7) is 3.20. The molecule has 1 aromatic rings. The van der Waals surface area contributed by atoms with Crippen molar-refractivity contribution >= 4 is 44.7 Å². The van der Waals surface area contributed by atoms with E-state index >= 15 is 0 Å². The quantitative estimate of drug-likeness (QED) is 0.774. The number of hydrogen-bond donors (Lipinski definition) is 0. The lowest BCUT2D eigenvalue weighted by Crippen LogP contribution is -2.39. The first-order valence-electron chi connectivity index (χ1n) is 6.16. The molecule has 2 unspecified atom stereocenters. The van der Waals surface area contributed by atoms with E-state index in [1.807, 2.05) is 0 Å². The predicted molar refractivity (Wildman–Crippen MR) is 83.7 cm³/mol. The standard InChI is InChI=1S/C14H13Cl2NO3S/c1-8-9(2)14(18)12(16)11(15)13(8)17-21(19,20)10-6-4-3-5-7-10/h3-7,11-12H,1-2H3. The molecule has 1 aromatic carbocycles. The van der Waals surface area contributed by atoms with Crippen LogP contribution >= 0.6 is 23.2 Å². The molecule has 1 aliphatic carbocycles. The summed E-state index contributed by atoms with van der Waals surface area (Å²) in [6.07, 6.45) is 0. The van der Waals surface area contributed by atoms with E-state index in [0.717, 1.165) is 0 Å². The van der Waals surface area contributed by atoms with Gasteiger partial charge in [0.2, 0.25) is 0 Å². The summed E-state index contributed by atoms with van der Waals surface area (Å²) in [7, 11) is -3.89. The van der Waals surface area contributed by atoms with E-state index in [1.54, 1.807) is 32.0 Å². The first-order chi connectivity index (χ1) is 9.75. The van der Waals surface area contributed by atoms with Gasteiger partial charge in [-0.15, -0.1) is 23.2 Å². The third-order valence-corrected chi connectivity index (χ3v) is 5.69. The summed E-state index contributed by atoms with van der Waals surface area (Å²) in [5.41, 5.74) is 0.961. The monoisotopic (exact) mass is 345 g/mol. The summed E-state index contributed by atoms with van der Waals surface area (Å²) in [6, 6.07) is 7.81. The van der Waals surface area contributed by atoms with E-state index < -0.39 is 20.8 Å². The molecule has 0 saturated carbocycles. The number of ketones is 1. The minimum atomic E-state index is -3.89. The molecule has 0 N–H and O–H groups in total. The van der Waals surface area contributed by atoms with Crippen LogP contribution in [0.2, 0.25) is 0 Å². The molecule has 7 heteroatoms. The average Bonchev–Trinajstić information content (AvgIpc) is 2.48. The molecular formula is C14H13Cl2NO3S. The lowest BCUT2D eigenvalue weighted by atomic mass is 9.90. The first kappa shape index (κ1) is 16.2. The lowest BCUT2D eigenvalue weighted by Gasteiger charge is -2.25. The summed E-state index contributed by atoms with van der Waals surface area (Å²) in [5.74, 6) is -0.301. The van der Waals surface area contributed by atoms with Crippen molar-refractivity contribution in [3.05, 3.63) is 41.5 Å². The number of sulfonamides is 1. The van der Waals surface area contributed by atoms with Crippen molar-refractivity contribution in [2.24, 2.45) is 4.40 Å². The Kier molecular flexibility index (Phi) is 4.56. The summed E-state index contributed by atoms with van der Waals surface area (Å²) >= 11 is 12.1. The van der Waals surface area contributed by atoms with Crippen molar-refractivity contribution in [3.63, 3.8) is 0 Å². The highest BCUT2D eigenvalue weighted by Gasteiger charge is 2.37. The van der Waals surface area contributed by atoms with E-state index in [4.69, 9.17) is 23.2 Å². The molecular weight excluding hydrogens is 333 g/mol. The zero-order valence-corrected chi connectivity index (χ0v) is 13.7. The van der Waals surface area contributed by atoms with Gasteiger partial charge in [0.05, 0.1) is 10.6 Å². The number of Topliss-reactive ketones (excluding diaryl/α,β-unsaturated/α-hetero) is 1. The number of alkyl halides is 2. The number of halogens is 2. The number of rotatable bonds is 2. The molecule has 2 rings (SSSR count). The zero-order valence-electron chi connectivity index (χ0n) is 11.4. The van der Waals surface area contributed by atoms with E-state index in [-0.39, 0.29) is 16.4 Å². The van der Waals surface area contributed by atoms with Gasteiger partial charge >= 0.3 is 0 Å². The van der Waals surface area contributed by atoms with Crippen LogP contribution in [0.15, 0.2) is 50.8 Å². The summed E-state index contributed by atoms with van der Waals surface area (Å²) in [4.78, 5) is 11.9. The Bertz CT molecular complexity index is 739. The molecule has 21 heavy (non-hydrogen) atoms. The minimum absolute atomic E-state index is 0.0647. The predicted octanol–water partition coefficient (Wildman–Crippen LogP) is 2.95. The van der Waals surface area contributed by atoms with Gasteiger partial charge in [0.25, 0.3) is 10.0 Å². The number of nitrogens with zero attached hydrogens (tertiary/aromatic N) is 1.